The van der Waals surface area contributed by atoms with Crippen molar-refractivity contribution in [2.75, 3.05) is 46.9 Å². The minimum Gasteiger partial charge on any atom is -0.495 e. The lowest BCUT2D eigenvalue weighted by atomic mass is 10.2. The van der Waals surface area contributed by atoms with E-state index in [2.05, 4.69) is 28.5 Å². The molecule has 0 spiro atoms. The SMILES string of the molecule is COc1ccc(S(=O)(=O)NCCC(C)N2CCN(C)CC2)cc1Cl. The average Bonchev–Trinajstić information content (AvgIpc) is 2.55. The van der Waals surface area contributed by atoms with Crippen molar-refractivity contribution in [3.05, 3.63) is 23.2 Å². The van der Waals surface area contributed by atoms with Gasteiger partial charge in [0.15, 0.2) is 0 Å². The van der Waals surface area contributed by atoms with Gasteiger partial charge in [-0.2, -0.15) is 0 Å². The highest BCUT2D eigenvalue weighted by Gasteiger charge is 2.20. The quantitative estimate of drug-likeness (QED) is 0.785. The van der Waals surface area contributed by atoms with Crippen molar-refractivity contribution >= 4 is 21.6 Å². The zero-order valence-electron chi connectivity index (χ0n) is 14.5. The molecule has 1 aromatic rings. The van der Waals surface area contributed by atoms with E-state index < -0.39 is 10.0 Å². The molecule has 1 heterocycles. The number of sulfonamides is 1. The fraction of sp³-hybridized carbons (Fsp3) is 0.625. The highest BCUT2D eigenvalue weighted by molar-refractivity contribution is 7.89. The van der Waals surface area contributed by atoms with Gasteiger partial charge in [0.1, 0.15) is 5.75 Å². The molecule has 1 saturated heterocycles. The third kappa shape index (κ3) is 5.07. The molecule has 1 unspecified atom stereocenters. The molecule has 6 nitrogen and oxygen atoms in total. The Morgan fingerprint density at radius 3 is 2.54 bits per heavy atom. The second-order valence-electron chi connectivity index (χ2n) is 6.17. The Balaban J connectivity index is 1.87. The van der Waals surface area contributed by atoms with Gasteiger partial charge < -0.3 is 9.64 Å². The van der Waals surface area contributed by atoms with E-state index in [4.69, 9.17) is 16.3 Å². The van der Waals surface area contributed by atoms with Crippen molar-refractivity contribution in [3.63, 3.8) is 0 Å². The average molecular weight is 376 g/mol. The highest BCUT2D eigenvalue weighted by atomic mass is 35.5. The van der Waals surface area contributed by atoms with E-state index in [0.717, 1.165) is 32.6 Å². The third-order valence-corrected chi connectivity index (χ3v) is 6.20. The Hall–Kier alpha value is -0.860. The van der Waals surface area contributed by atoms with Crippen molar-refractivity contribution in [2.45, 2.75) is 24.3 Å². The molecule has 1 aliphatic heterocycles. The summed E-state index contributed by atoms with van der Waals surface area (Å²) in [5.74, 6) is 0.458. The summed E-state index contributed by atoms with van der Waals surface area (Å²) in [6, 6.07) is 4.81. The molecule has 0 aliphatic carbocycles. The van der Waals surface area contributed by atoms with Gasteiger partial charge in [-0.05, 0) is 38.6 Å². The van der Waals surface area contributed by atoms with Gasteiger partial charge in [-0.3, -0.25) is 4.90 Å². The molecular weight excluding hydrogens is 350 g/mol. The molecule has 1 fully saturated rings. The first-order chi connectivity index (χ1) is 11.3. The number of nitrogens with one attached hydrogen (secondary N) is 1. The van der Waals surface area contributed by atoms with Crippen LogP contribution in [0.2, 0.25) is 5.02 Å². The fourth-order valence-corrected chi connectivity index (χ4v) is 4.14. The second-order valence-corrected chi connectivity index (χ2v) is 8.35. The first kappa shape index (κ1) is 19.5. The Morgan fingerprint density at radius 2 is 1.96 bits per heavy atom. The zero-order chi connectivity index (χ0) is 17.7. The highest BCUT2D eigenvalue weighted by Crippen LogP contribution is 2.26. The topological polar surface area (TPSA) is 61.9 Å². The number of nitrogens with zero attached hydrogens (tertiary/aromatic N) is 2. The molecule has 8 heteroatoms. The van der Waals surface area contributed by atoms with Crippen LogP contribution in [0.1, 0.15) is 13.3 Å². The molecule has 0 amide bonds. The van der Waals surface area contributed by atoms with Crippen LogP contribution in [0.3, 0.4) is 0 Å². The smallest absolute Gasteiger partial charge is 0.240 e. The van der Waals surface area contributed by atoms with Crippen LogP contribution in [0, 0.1) is 0 Å². The molecule has 0 saturated carbocycles. The van der Waals surface area contributed by atoms with Gasteiger partial charge in [-0.15, -0.1) is 0 Å². The van der Waals surface area contributed by atoms with Gasteiger partial charge in [0.05, 0.1) is 17.0 Å². The Bertz CT molecular complexity index is 646. The van der Waals surface area contributed by atoms with Crippen LogP contribution in [-0.4, -0.2) is 71.1 Å². The van der Waals surface area contributed by atoms with Gasteiger partial charge in [-0.25, -0.2) is 13.1 Å². The monoisotopic (exact) mass is 375 g/mol. The van der Waals surface area contributed by atoms with Gasteiger partial charge >= 0.3 is 0 Å². The van der Waals surface area contributed by atoms with E-state index in [9.17, 15) is 8.42 Å². The number of hydrogen-bond acceptors (Lipinski definition) is 5. The summed E-state index contributed by atoms with van der Waals surface area (Å²) in [5, 5.41) is 0.283. The van der Waals surface area contributed by atoms with Crippen LogP contribution < -0.4 is 9.46 Å². The van der Waals surface area contributed by atoms with Crippen molar-refractivity contribution in [2.24, 2.45) is 0 Å². The van der Waals surface area contributed by atoms with E-state index >= 15 is 0 Å². The van der Waals surface area contributed by atoms with Gasteiger partial charge in [0.25, 0.3) is 0 Å². The van der Waals surface area contributed by atoms with Crippen LogP contribution in [0.15, 0.2) is 23.1 Å². The molecule has 1 aromatic carbocycles. The number of ether oxygens (including phenoxy) is 1. The summed E-state index contributed by atoms with van der Waals surface area (Å²) in [4.78, 5) is 4.86. The van der Waals surface area contributed by atoms with E-state index in [1.54, 1.807) is 6.07 Å². The molecule has 24 heavy (non-hydrogen) atoms. The Labute approximate surface area is 149 Å². The molecule has 2 rings (SSSR count). The van der Waals surface area contributed by atoms with Crippen LogP contribution in [-0.2, 0) is 10.0 Å². The maximum atomic E-state index is 12.4. The van der Waals surface area contributed by atoms with E-state index in [-0.39, 0.29) is 9.92 Å². The van der Waals surface area contributed by atoms with Crippen molar-refractivity contribution < 1.29 is 13.2 Å². The van der Waals surface area contributed by atoms with Crippen molar-refractivity contribution in [1.82, 2.24) is 14.5 Å². The van der Waals surface area contributed by atoms with E-state index in [1.165, 1.54) is 19.2 Å². The molecule has 136 valence electrons. The summed E-state index contributed by atoms with van der Waals surface area (Å²) < 4.78 is 32.4. The molecule has 1 atom stereocenters. The first-order valence-corrected chi connectivity index (χ1v) is 9.95. The van der Waals surface area contributed by atoms with E-state index in [1.807, 2.05) is 0 Å². The number of methoxy groups -OCH3 is 1. The maximum absolute atomic E-state index is 12.4. The van der Waals surface area contributed by atoms with Gasteiger partial charge in [0.2, 0.25) is 10.0 Å². The number of halogens is 1. The number of hydrogen-bond donors (Lipinski definition) is 1. The van der Waals surface area contributed by atoms with Crippen molar-refractivity contribution in [3.8, 4) is 5.75 Å². The Morgan fingerprint density at radius 1 is 1.29 bits per heavy atom. The van der Waals surface area contributed by atoms with E-state index in [0.29, 0.717) is 18.3 Å². The third-order valence-electron chi connectivity index (χ3n) is 4.45. The molecule has 0 aromatic heterocycles. The van der Waals surface area contributed by atoms with Crippen molar-refractivity contribution in [1.29, 1.82) is 0 Å². The summed E-state index contributed by atoms with van der Waals surface area (Å²) >= 11 is 6.01. The van der Waals surface area contributed by atoms with Gasteiger partial charge in [-0.1, -0.05) is 11.6 Å². The first-order valence-electron chi connectivity index (χ1n) is 8.09. The summed E-state index contributed by atoms with van der Waals surface area (Å²) in [6.45, 7) is 6.71. The largest absolute Gasteiger partial charge is 0.495 e. The number of rotatable bonds is 7. The predicted octanol–water partition coefficient (Wildman–Crippen LogP) is 1.65. The number of benzene rings is 1. The lowest BCUT2D eigenvalue weighted by Gasteiger charge is -2.36. The number of likely N-dealkylation sites (N-methyl/N-ethyl adjacent to an activating group) is 1. The predicted molar refractivity (Wildman–Crippen MR) is 96.3 cm³/mol. The summed E-state index contributed by atoms with van der Waals surface area (Å²) in [6.07, 6.45) is 0.771. The van der Waals surface area contributed by atoms with Crippen LogP contribution in [0.4, 0.5) is 0 Å². The standard InChI is InChI=1S/C16H26ClN3O3S/c1-13(20-10-8-19(2)9-11-20)6-7-18-24(21,22)14-4-5-16(23-3)15(17)12-14/h4-5,12-13,18H,6-11H2,1-3H3. The number of piperazine rings is 1. The minimum absolute atomic E-state index is 0.153. The Kier molecular flexibility index (Phi) is 6.88. The van der Waals surface area contributed by atoms with Crippen LogP contribution >= 0.6 is 11.6 Å². The maximum Gasteiger partial charge on any atom is 0.240 e. The second kappa shape index (κ2) is 8.49. The lowest BCUT2D eigenvalue weighted by Crippen LogP contribution is -2.48. The molecule has 0 radical (unpaired) electrons. The summed E-state index contributed by atoms with van der Waals surface area (Å²) in [5.41, 5.74) is 0. The molecule has 0 bridgehead atoms. The normalized spacial score (nSPS) is 18.5. The summed E-state index contributed by atoms with van der Waals surface area (Å²) in [7, 11) is 0.0549. The molecule has 1 N–H and O–H groups in total. The lowest BCUT2D eigenvalue weighted by molar-refractivity contribution is 0.115. The minimum atomic E-state index is -3.56. The van der Waals surface area contributed by atoms with Gasteiger partial charge in [0, 0.05) is 38.8 Å². The zero-order valence-corrected chi connectivity index (χ0v) is 16.0. The molecule has 1 aliphatic rings. The van der Waals surface area contributed by atoms with Crippen LogP contribution in [0.5, 0.6) is 5.75 Å². The van der Waals surface area contributed by atoms with Crippen LogP contribution in [0.25, 0.3) is 0 Å². The molecular formula is C16H26ClN3O3S. The fourth-order valence-electron chi connectivity index (χ4n) is 2.75.